The van der Waals surface area contributed by atoms with Gasteiger partial charge < -0.3 is 0 Å². The van der Waals surface area contributed by atoms with Crippen LogP contribution in [0.1, 0.15) is 25.8 Å². The van der Waals surface area contributed by atoms with Gasteiger partial charge in [0.05, 0.1) is 5.36 Å². The van der Waals surface area contributed by atoms with Crippen molar-refractivity contribution in [2.75, 3.05) is 0 Å². The minimum atomic E-state index is -0.569. The van der Waals surface area contributed by atoms with Crippen LogP contribution in [0.25, 0.3) is 5.70 Å². The summed E-state index contributed by atoms with van der Waals surface area (Å²) in [6.07, 6.45) is 0.748. The van der Waals surface area contributed by atoms with Crippen LogP contribution in [-0.2, 0) is 10.5 Å². The van der Waals surface area contributed by atoms with Gasteiger partial charge in [-0.05, 0) is 25.0 Å². The number of rotatable bonds is 3. The van der Waals surface area contributed by atoms with E-state index in [1.54, 1.807) is 5.01 Å². The zero-order valence-corrected chi connectivity index (χ0v) is 15.6. The molecular weight excluding hydrogens is 344 g/mol. The van der Waals surface area contributed by atoms with Crippen molar-refractivity contribution in [3.05, 3.63) is 70.7 Å². The molecule has 132 valence electrons. The Kier molecular flexibility index (Phi) is 4.28. The van der Waals surface area contributed by atoms with Crippen molar-refractivity contribution in [2.45, 2.75) is 31.7 Å². The lowest BCUT2D eigenvalue weighted by Crippen LogP contribution is -2.57. The fraction of sp³-hybridized carbons (Fsp3) is 0.250. The molecule has 0 aliphatic carbocycles. The predicted octanol–water partition coefficient (Wildman–Crippen LogP) is 2.19. The summed E-state index contributed by atoms with van der Waals surface area (Å²) in [5, 5.41) is 11.8. The number of hydrogen-bond donors (Lipinski definition) is 1. The maximum absolute atomic E-state index is 12.9. The number of hydrazone groups is 1. The summed E-state index contributed by atoms with van der Waals surface area (Å²) in [6.45, 7) is 4.08. The number of hydrogen-bond acceptors (Lipinski definition) is 5. The first-order chi connectivity index (χ1) is 12.6. The van der Waals surface area contributed by atoms with E-state index in [0.717, 1.165) is 22.7 Å². The number of nitrogens with one attached hydrogen (secondary N) is 1. The van der Waals surface area contributed by atoms with Gasteiger partial charge in [-0.25, -0.2) is 5.01 Å². The third-order valence-electron chi connectivity index (χ3n) is 4.70. The molecule has 26 heavy (non-hydrogen) atoms. The monoisotopic (exact) mass is 364 g/mol. The SMILES string of the molecule is CCC1(C)N=c2ccccc2=C2C(=O)NC(SCc3ccccc3)=NN21. The highest BCUT2D eigenvalue weighted by molar-refractivity contribution is 8.13. The number of carbonyl (C=O) groups is 1. The Balaban J connectivity index is 1.74. The Bertz CT molecular complexity index is 1000. The molecule has 0 fully saturated rings. The maximum Gasteiger partial charge on any atom is 0.276 e. The summed E-state index contributed by atoms with van der Waals surface area (Å²) < 4.78 is 0. The van der Waals surface area contributed by atoms with Gasteiger partial charge >= 0.3 is 0 Å². The van der Waals surface area contributed by atoms with Crippen molar-refractivity contribution < 1.29 is 4.79 Å². The van der Waals surface area contributed by atoms with Crippen molar-refractivity contribution in [3.63, 3.8) is 0 Å². The van der Waals surface area contributed by atoms with Crippen LogP contribution in [0.3, 0.4) is 0 Å². The zero-order valence-electron chi connectivity index (χ0n) is 14.8. The highest BCUT2D eigenvalue weighted by Gasteiger charge is 2.40. The van der Waals surface area contributed by atoms with Crippen LogP contribution in [0.2, 0.25) is 0 Å². The molecule has 1 amide bonds. The fourth-order valence-electron chi connectivity index (χ4n) is 3.10. The minimum absolute atomic E-state index is 0.127. The Morgan fingerprint density at radius 3 is 2.62 bits per heavy atom. The van der Waals surface area contributed by atoms with E-state index in [-0.39, 0.29) is 5.91 Å². The second kappa shape index (κ2) is 6.61. The van der Waals surface area contributed by atoms with E-state index >= 15 is 0 Å². The Morgan fingerprint density at radius 2 is 1.85 bits per heavy atom. The van der Waals surface area contributed by atoms with Gasteiger partial charge in [0, 0.05) is 11.0 Å². The molecule has 6 heteroatoms. The molecule has 2 aliphatic heterocycles. The lowest BCUT2D eigenvalue weighted by Gasteiger charge is -2.40. The number of thioether (sulfide) groups is 1. The fourth-order valence-corrected chi connectivity index (χ4v) is 3.90. The third kappa shape index (κ3) is 2.90. The molecule has 0 radical (unpaired) electrons. The number of benzene rings is 2. The summed E-state index contributed by atoms with van der Waals surface area (Å²) in [6, 6.07) is 17.9. The van der Waals surface area contributed by atoms with Crippen LogP contribution in [0.5, 0.6) is 0 Å². The van der Waals surface area contributed by atoms with Gasteiger partial charge in [0.25, 0.3) is 5.91 Å². The van der Waals surface area contributed by atoms with Gasteiger partial charge in [0.2, 0.25) is 0 Å². The highest BCUT2D eigenvalue weighted by atomic mass is 32.2. The van der Waals surface area contributed by atoms with E-state index in [0.29, 0.717) is 10.9 Å². The standard InChI is InChI=1S/C20H20N4OS/c1-3-20(2)22-16-12-8-7-11-15(16)17-18(25)21-19(23-24(17)20)26-13-14-9-5-4-6-10-14/h4-12H,3,13H2,1-2H3,(H,21,23,25). The molecule has 0 bridgehead atoms. The molecule has 4 rings (SSSR count). The molecule has 0 aromatic heterocycles. The van der Waals surface area contributed by atoms with Crippen LogP contribution in [0.15, 0.2) is 64.7 Å². The van der Waals surface area contributed by atoms with Crippen molar-refractivity contribution in [3.8, 4) is 0 Å². The minimum Gasteiger partial charge on any atom is -0.298 e. The predicted molar refractivity (Wildman–Crippen MR) is 104 cm³/mol. The summed E-state index contributed by atoms with van der Waals surface area (Å²) in [5.41, 5.74) is 1.19. The van der Waals surface area contributed by atoms with Crippen molar-refractivity contribution in [1.29, 1.82) is 0 Å². The van der Waals surface area contributed by atoms with Crippen LogP contribution >= 0.6 is 11.8 Å². The van der Waals surface area contributed by atoms with Gasteiger partial charge in [-0.15, -0.1) is 5.10 Å². The number of amidine groups is 1. The first-order valence-electron chi connectivity index (χ1n) is 8.67. The van der Waals surface area contributed by atoms with E-state index < -0.39 is 5.66 Å². The molecule has 2 aromatic carbocycles. The largest absolute Gasteiger partial charge is 0.298 e. The second-order valence-electron chi connectivity index (χ2n) is 6.49. The highest BCUT2D eigenvalue weighted by Crippen LogP contribution is 2.30. The summed E-state index contributed by atoms with van der Waals surface area (Å²) >= 11 is 1.52. The van der Waals surface area contributed by atoms with Gasteiger partial charge in [0.1, 0.15) is 5.70 Å². The topological polar surface area (TPSA) is 57.1 Å². The van der Waals surface area contributed by atoms with E-state index in [4.69, 9.17) is 10.1 Å². The molecule has 0 saturated carbocycles. The molecule has 5 nitrogen and oxygen atoms in total. The Hall–Kier alpha value is -2.60. The normalized spacial score (nSPS) is 21.3. The summed E-state index contributed by atoms with van der Waals surface area (Å²) in [4.78, 5) is 17.8. The average molecular weight is 364 g/mol. The lowest BCUT2D eigenvalue weighted by molar-refractivity contribution is -0.116. The molecule has 0 saturated heterocycles. The van der Waals surface area contributed by atoms with Gasteiger partial charge in [0.15, 0.2) is 10.8 Å². The van der Waals surface area contributed by atoms with Crippen LogP contribution in [0, 0.1) is 0 Å². The second-order valence-corrected chi connectivity index (χ2v) is 7.46. The number of amides is 1. The van der Waals surface area contributed by atoms with Crippen molar-refractivity contribution in [1.82, 2.24) is 10.3 Å². The summed E-state index contributed by atoms with van der Waals surface area (Å²) in [7, 11) is 0. The van der Waals surface area contributed by atoms with Crippen molar-refractivity contribution >= 4 is 28.5 Å². The lowest BCUT2D eigenvalue weighted by atomic mass is 10.0. The maximum atomic E-state index is 12.9. The number of nitrogens with zero attached hydrogens (tertiary/aromatic N) is 3. The third-order valence-corrected chi connectivity index (χ3v) is 5.64. The molecule has 0 spiro atoms. The molecule has 1 atom stereocenters. The Morgan fingerprint density at radius 1 is 1.12 bits per heavy atom. The van der Waals surface area contributed by atoms with Crippen molar-refractivity contribution in [2.24, 2.45) is 10.1 Å². The molecule has 1 unspecified atom stereocenters. The first-order valence-corrected chi connectivity index (χ1v) is 9.65. The Labute approximate surface area is 156 Å². The van der Waals surface area contributed by atoms with Crippen LogP contribution in [-0.4, -0.2) is 21.7 Å². The number of carbonyl (C=O) groups excluding carboxylic acids is 1. The molecular formula is C20H20N4OS. The van der Waals surface area contributed by atoms with Gasteiger partial charge in [-0.2, -0.15) is 0 Å². The number of para-hydroxylation sites is 1. The molecule has 2 aromatic rings. The summed E-state index contributed by atoms with van der Waals surface area (Å²) in [5.74, 6) is 0.622. The average Bonchev–Trinajstić information content (AvgIpc) is 2.67. The zero-order chi connectivity index (χ0) is 18.1. The van der Waals surface area contributed by atoms with E-state index in [1.165, 1.54) is 17.3 Å². The molecule has 2 heterocycles. The van der Waals surface area contributed by atoms with E-state index in [1.807, 2.05) is 49.4 Å². The molecule has 1 N–H and O–H groups in total. The number of fused-ring (bicyclic) bond motifs is 2. The van der Waals surface area contributed by atoms with E-state index in [9.17, 15) is 4.79 Å². The van der Waals surface area contributed by atoms with Crippen LogP contribution in [0.4, 0.5) is 0 Å². The quantitative estimate of drug-likeness (QED) is 0.908. The van der Waals surface area contributed by atoms with E-state index in [2.05, 4.69) is 24.4 Å². The first kappa shape index (κ1) is 16.8. The smallest absolute Gasteiger partial charge is 0.276 e. The van der Waals surface area contributed by atoms with Crippen LogP contribution < -0.4 is 15.9 Å². The van der Waals surface area contributed by atoms with Gasteiger partial charge in [-0.3, -0.25) is 15.1 Å². The molecule has 2 aliphatic rings. The van der Waals surface area contributed by atoms with Gasteiger partial charge in [-0.1, -0.05) is 67.2 Å².